The molecular weight excluding hydrogens is 306 g/mol. The van der Waals surface area contributed by atoms with Gasteiger partial charge >= 0.3 is 5.97 Å². The van der Waals surface area contributed by atoms with Crippen LogP contribution < -0.4 is 10.1 Å². The van der Waals surface area contributed by atoms with Gasteiger partial charge in [-0.3, -0.25) is 4.79 Å². The number of rotatable bonds is 7. The summed E-state index contributed by atoms with van der Waals surface area (Å²) in [6, 6.07) is 14.1. The average Bonchev–Trinajstić information content (AvgIpc) is 2.58. The maximum absolute atomic E-state index is 11.9. The Labute approximate surface area is 141 Å². The average molecular weight is 327 g/mol. The van der Waals surface area contributed by atoms with Crippen molar-refractivity contribution in [1.29, 1.82) is 0 Å². The van der Waals surface area contributed by atoms with Crippen LogP contribution in [0.25, 0.3) is 0 Å². The number of benzene rings is 2. The Bertz CT molecular complexity index is 695. The molecular formula is C19H21NO4. The number of ether oxygens (including phenoxy) is 2. The van der Waals surface area contributed by atoms with Crippen LogP contribution in [0.3, 0.4) is 0 Å². The van der Waals surface area contributed by atoms with Crippen LogP contribution in [0.15, 0.2) is 48.5 Å². The number of carbonyl (C=O) groups excluding carboxylic acids is 2. The molecule has 0 spiro atoms. The van der Waals surface area contributed by atoms with Gasteiger partial charge < -0.3 is 14.8 Å². The van der Waals surface area contributed by atoms with Crippen LogP contribution >= 0.6 is 0 Å². The number of nitrogens with one attached hydrogen (secondary N) is 1. The van der Waals surface area contributed by atoms with Crippen molar-refractivity contribution in [3.63, 3.8) is 0 Å². The lowest BCUT2D eigenvalue weighted by Gasteiger charge is -2.09. The first-order valence-corrected chi connectivity index (χ1v) is 7.85. The second kappa shape index (κ2) is 8.72. The van der Waals surface area contributed by atoms with E-state index >= 15 is 0 Å². The zero-order valence-corrected chi connectivity index (χ0v) is 13.9. The van der Waals surface area contributed by atoms with Gasteiger partial charge in [0.15, 0.2) is 6.61 Å². The summed E-state index contributed by atoms with van der Waals surface area (Å²) in [6.07, 6.45) is 0.779. The lowest BCUT2D eigenvalue weighted by Crippen LogP contribution is -2.20. The van der Waals surface area contributed by atoms with E-state index in [4.69, 9.17) is 9.47 Å². The maximum Gasteiger partial charge on any atom is 0.338 e. The van der Waals surface area contributed by atoms with E-state index in [0.717, 1.165) is 12.0 Å². The summed E-state index contributed by atoms with van der Waals surface area (Å²) in [5.74, 6) is 0.0227. The number of aryl methyl sites for hydroxylation is 1. The topological polar surface area (TPSA) is 64.6 Å². The van der Waals surface area contributed by atoms with Crippen LogP contribution in [0.4, 0.5) is 5.69 Å². The van der Waals surface area contributed by atoms with Crippen molar-refractivity contribution >= 4 is 17.6 Å². The number of esters is 1. The second-order valence-corrected chi connectivity index (χ2v) is 5.37. The van der Waals surface area contributed by atoms with E-state index in [1.54, 1.807) is 30.3 Å². The molecule has 0 aromatic heterocycles. The summed E-state index contributed by atoms with van der Waals surface area (Å²) >= 11 is 0. The predicted molar refractivity (Wildman–Crippen MR) is 92.3 cm³/mol. The third-order valence-electron chi connectivity index (χ3n) is 3.20. The van der Waals surface area contributed by atoms with Crippen molar-refractivity contribution < 1.29 is 19.1 Å². The molecule has 0 aliphatic carbocycles. The van der Waals surface area contributed by atoms with Crippen molar-refractivity contribution in [2.45, 2.75) is 20.3 Å². The summed E-state index contributed by atoms with van der Waals surface area (Å²) < 4.78 is 10.5. The van der Waals surface area contributed by atoms with Gasteiger partial charge in [-0.15, -0.1) is 0 Å². The number of hydrogen-bond donors (Lipinski definition) is 1. The molecule has 0 radical (unpaired) electrons. The first-order valence-electron chi connectivity index (χ1n) is 7.85. The molecule has 0 saturated carbocycles. The van der Waals surface area contributed by atoms with E-state index in [-0.39, 0.29) is 18.5 Å². The van der Waals surface area contributed by atoms with Crippen LogP contribution in [0.5, 0.6) is 5.75 Å². The van der Waals surface area contributed by atoms with Crippen LogP contribution in [0.2, 0.25) is 0 Å². The molecule has 2 aromatic rings. The number of hydrogen-bond acceptors (Lipinski definition) is 4. The highest BCUT2D eigenvalue weighted by Gasteiger charge is 2.08. The Morgan fingerprint density at radius 2 is 1.83 bits per heavy atom. The lowest BCUT2D eigenvalue weighted by atomic mass is 10.2. The summed E-state index contributed by atoms with van der Waals surface area (Å²) in [4.78, 5) is 23.6. The van der Waals surface area contributed by atoms with Crippen molar-refractivity contribution in [1.82, 2.24) is 0 Å². The molecule has 24 heavy (non-hydrogen) atoms. The van der Waals surface area contributed by atoms with E-state index in [1.807, 2.05) is 32.0 Å². The minimum Gasteiger partial charge on any atom is -0.484 e. The first-order chi connectivity index (χ1) is 11.6. The molecule has 2 aromatic carbocycles. The normalized spacial score (nSPS) is 10.1. The minimum absolute atomic E-state index is 0.0796. The molecule has 0 aliphatic rings. The molecule has 5 heteroatoms. The van der Waals surface area contributed by atoms with Crippen LogP contribution in [-0.2, 0) is 9.53 Å². The lowest BCUT2D eigenvalue weighted by molar-refractivity contribution is -0.118. The SMILES string of the molecule is CCCOC(=O)c1ccc(NC(=O)COc2cccc(C)c2)cc1. The van der Waals surface area contributed by atoms with Crippen LogP contribution in [0.1, 0.15) is 29.3 Å². The molecule has 5 nitrogen and oxygen atoms in total. The van der Waals surface area contributed by atoms with Gasteiger partial charge in [0.2, 0.25) is 0 Å². The molecule has 0 aliphatic heterocycles. The molecule has 0 bridgehead atoms. The van der Waals surface area contributed by atoms with Crippen molar-refractivity contribution in [3.8, 4) is 5.75 Å². The van der Waals surface area contributed by atoms with Gasteiger partial charge in [0.05, 0.1) is 12.2 Å². The third-order valence-corrected chi connectivity index (χ3v) is 3.20. The number of carbonyl (C=O) groups is 2. The fourth-order valence-corrected chi connectivity index (χ4v) is 2.02. The number of amides is 1. The molecule has 1 N–H and O–H groups in total. The van der Waals surface area contributed by atoms with E-state index in [0.29, 0.717) is 23.6 Å². The van der Waals surface area contributed by atoms with Gasteiger partial charge in [0.25, 0.3) is 5.91 Å². The summed E-state index contributed by atoms with van der Waals surface area (Å²) in [5.41, 5.74) is 2.12. The van der Waals surface area contributed by atoms with Crippen LogP contribution in [-0.4, -0.2) is 25.1 Å². The molecule has 0 saturated heterocycles. The van der Waals surface area contributed by atoms with Crippen molar-refractivity contribution in [2.75, 3.05) is 18.5 Å². The van der Waals surface area contributed by atoms with E-state index in [2.05, 4.69) is 5.32 Å². The van der Waals surface area contributed by atoms with Crippen molar-refractivity contribution in [2.24, 2.45) is 0 Å². The quantitative estimate of drug-likeness (QED) is 0.790. The molecule has 0 unspecified atom stereocenters. The first kappa shape index (κ1) is 17.5. The van der Waals surface area contributed by atoms with E-state index in [1.165, 1.54) is 0 Å². The summed E-state index contributed by atoms with van der Waals surface area (Å²) in [7, 11) is 0. The van der Waals surface area contributed by atoms with Gasteiger partial charge in [-0.05, 0) is 55.3 Å². The van der Waals surface area contributed by atoms with Gasteiger partial charge in [0.1, 0.15) is 5.75 Å². The predicted octanol–water partition coefficient (Wildman–Crippen LogP) is 3.58. The Balaban J connectivity index is 1.84. The Morgan fingerprint density at radius 1 is 1.08 bits per heavy atom. The third kappa shape index (κ3) is 5.43. The Hall–Kier alpha value is -2.82. The van der Waals surface area contributed by atoms with Gasteiger partial charge in [-0.25, -0.2) is 4.79 Å². The highest BCUT2D eigenvalue weighted by atomic mass is 16.5. The molecule has 0 fully saturated rings. The second-order valence-electron chi connectivity index (χ2n) is 5.37. The smallest absolute Gasteiger partial charge is 0.338 e. The zero-order valence-electron chi connectivity index (χ0n) is 13.9. The zero-order chi connectivity index (χ0) is 17.4. The fraction of sp³-hybridized carbons (Fsp3) is 0.263. The molecule has 0 atom stereocenters. The minimum atomic E-state index is -0.363. The Kier molecular flexibility index (Phi) is 6.37. The van der Waals surface area contributed by atoms with E-state index < -0.39 is 0 Å². The molecule has 1 amide bonds. The van der Waals surface area contributed by atoms with Gasteiger partial charge in [-0.2, -0.15) is 0 Å². The fourth-order valence-electron chi connectivity index (χ4n) is 2.02. The largest absolute Gasteiger partial charge is 0.484 e. The number of anilines is 1. The van der Waals surface area contributed by atoms with Crippen molar-refractivity contribution in [3.05, 3.63) is 59.7 Å². The maximum atomic E-state index is 11.9. The summed E-state index contributed by atoms with van der Waals surface area (Å²) in [6.45, 7) is 4.21. The monoisotopic (exact) mass is 327 g/mol. The Morgan fingerprint density at radius 3 is 2.50 bits per heavy atom. The van der Waals surface area contributed by atoms with Gasteiger partial charge in [0, 0.05) is 5.69 Å². The highest BCUT2D eigenvalue weighted by Crippen LogP contribution is 2.13. The molecule has 126 valence electrons. The van der Waals surface area contributed by atoms with Gasteiger partial charge in [-0.1, -0.05) is 19.1 Å². The highest BCUT2D eigenvalue weighted by molar-refractivity contribution is 5.93. The summed E-state index contributed by atoms with van der Waals surface area (Å²) in [5, 5.41) is 2.72. The van der Waals surface area contributed by atoms with Crippen LogP contribution in [0, 0.1) is 6.92 Å². The van der Waals surface area contributed by atoms with E-state index in [9.17, 15) is 9.59 Å². The standard InChI is InChI=1S/C19H21NO4/c1-3-11-23-19(22)15-7-9-16(10-8-15)20-18(21)13-24-17-6-4-5-14(2)12-17/h4-10,12H,3,11,13H2,1-2H3,(H,20,21). The molecule has 2 rings (SSSR count). The molecule has 0 heterocycles.